The van der Waals surface area contributed by atoms with E-state index in [-0.39, 0.29) is 0 Å². The van der Waals surface area contributed by atoms with E-state index in [1.54, 1.807) is 0 Å². The molecule has 1 N–H and O–H groups in total. The molecule has 92 valence electrons. The standard InChI is InChI=1S/C14H14BrN3/c15-12-9-11-5-4-6-13(14(11)18-10-12)17-8-3-1-2-7-16/h4-6,9-10,17H,1-3,8H2. The first-order valence-corrected chi connectivity index (χ1v) is 6.75. The Morgan fingerprint density at radius 2 is 2.22 bits per heavy atom. The van der Waals surface area contributed by atoms with Crippen LogP contribution in [-0.2, 0) is 0 Å². The summed E-state index contributed by atoms with van der Waals surface area (Å²) >= 11 is 3.42. The van der Waals surface area contributed by atoms with Crippen LogP contribution >= 0.6 is 15.9 Å². The third-order valence-corrected chi connectivity index (χ3v) is 3.14. The Balaban J connectivity index is 2.07. The Morgan fingerprint density at radius 1 is 1.33 bits per heavy atom. The van der Waals surface area contributed by atoms with Gasteiger partial charge >= 0.3 is 0 Å². The van der Waals surface area contributed by atoms with Crippen LogP contribution in [0.1, 0.15) is 19.3 Å². The van der Waals surface area contributed by atoms with Crippen LogP contribution in [-0.4, -0.2) is 11.5 Å². The van der Waals surface area contributed by atoms with E-state index in [1.807, 2.05) is 24.4 Å². The number of hydrogen-bond acceptors (Lipinski definition) is 3. The number of hydrogen-bond donors (Lipinski definition) is 1. The summed E-state index contributed by atoms with van der Waals surface area (Å²) < 4.78 is 0.987. The van der Waals surface area contributed by atoms with Gasteiger partial charge in [-0.3, -0.25) is 4.98 Å². The van der Waals surface area contributed by atoms with Crippen LogP contribution in [0.3, 0.4) is 0 Å². The van der Waals surface area contributed by atoms with Gasteiger partial charge in [-0.25, -0.2) is 0 Å². The van der Waals surface area contributed by atoms with Gasteiger partial charge in [0.15, 0.2) is 0 Å². The zero-order valence-electron chi connectivity index (χ0n) is 9.99. The number of anilines is 1. The van der Waals surface area contributed by atoms with Gasteiger partial charge in [-0.1, -0.05) is 12.1 Å². The highest BCUT2D eigenvalue weighted by atomic mass is 79.9. The van der Waals surface area contributed by atoms with E-state index in [4.69, 9.17) is 5.26 Å². The summed E-state index contributed by atoms with van der Waals surface area (Å²) in [5, 5.41) is 13.0. The van der Waals surface area contributed by atoms with Crippen LogP contribution in [0.2, 0.25) is 0 Å². The number of nitrogens with zero attached hydrogens (tertiary/aromatic N) is 2. The molecule has 0 bridgehead atoms. The molecule has 0 aliphatic rings. The van der Waals surface area contributed by atoms with Crippen LogP contribution in [0.25, 0.3) is 10.9 Å². The zero-order chi connectivity index (χ0) is 12.8. The molecule has 0 saturated heterocycles. The normalized spacial score (nSPS) is 10.2. The van der Waals surface area contributed by atoms with E-state index in [2.05, 4.69) is 38.4 Å². The van der Waals surface area contributed by atoms with Crippen LogP contribution in [0, 0.1) is 11.3 Å². The maximum atomic E-state index is 8.47. The lowest BCUT2D eigenvalue weighted by atomic mass is 10.2. The van der Waals surface area contributed by atoms with Gasteiger partial charge in [-0.2, -0.15) is 5.26 Å². The quantitative estimate of drug-likeness (QED) is 0.846. The van der Waals surface area contributed by atoms with Gasteiger partial charge in [0.25, 0.3) is 0 Å². The second kappa shape index (κ2) is 6.36. The van der Waals surface area contributed by atoms with E-state index < -0.39 is 0 Å². The average Bonchev–Trinajstić information content (AvgIpc) is 2.38. The lowest BCUT2D eigenvalue weighted by Gasteiger charge is -2.08. The third kappa shape index (κ3) is 3.21. The molecule has 0 fully saturated rings. The number of nitriles is 1. The lowest BCUT2D eigenvalue weighted by Crippen LogP contribution is -2.02. The number of nitrogens with one attached hydrogen (secondary N) is 1. The van der Waals surface area contributed by atoms with Crippen molar-refractivity contribution in [2.24, 2.45) is 0 Å². The van der Waals surface area contributed by atoms with Gasteiger partial charge in [-0.05, 0) is 40.9 Å². The highest BCUT2D eigenvalue weighted by Gasteiger charge is 2.01. The van der Waals surface area contributed by atoms with E-state index in [0.29, 0.717) is 6.42 Å². The van der Waals surface area contributed by atoms with Crippen molar-refractivity contribution in [1.29, 1.82) is 5.26 Å². The number of aromatic nitrogens is 1. The molecule has 0 spiro atoms. The van der Waals surface area contributed by atoms with Crippen molar-refractivity contribution in [2.75, 3.05) is 11.9 Å². The third-order valence-electron chi connectivity index (χ3n) is 2.71. The van der Waals surface area contributed by atoms with Crippen LogP contribution in [0.4, 0.5) is 5.69 Å². The highest BCUT2D eigenvalue weighted by molar-refractivity contribution is 9.10. The van der Waals surface area contributed by atoms with Gasteiger partial charge in [0, 0.05) is 29.0 Å². The fraction of sp³-hybridized carbons (Fsp3) is 0.286. The largest absolute Gasteiger partial charge is 0.383 e. The zero-order valence-corrected chi connectivity index (χ0v) is 11.6. The first-order chi connectivity index (χ1) is 8.81. The lowest BCUT2D eigenvalue weighted by molar-refractivity contribution is 0.785. The fourth-order valence-corrected chi connectivity index (χ4v) is 2.18. The Labute approximate surface area is 115 Å². The van der Waals surface area contributed by atoms with Crippen molar-refractivity contribution < 1.29 is 0 Å². The smallest absolute Gasteiger partial charge is 0.0934 e. The molecule has 0 unspecified atom stereocenters. The molecule has 0 amide bonds. The van der Waals surface area contributed by atoms with Crippen molar-refractivity contribution in [3.05, 3.63) is 34.9 Å². The minimum absolute atomic E-state index is 0.627. The number of rotatable bonds is 5. The molecule has 1 aromatic carbocycles. The molecule has 1 heterocycles. The van der Waals surface area contributed by atoms with Crippen molar-refractivity contribution >= 4 is 32.5 Å². The monoisotopic (exact) mass is 303 g/mol. The molecule has 0 atom stereocenters. The van der Waals surface area contributed by atoms with Crippen LogP contribution in [0.15, 0.2) is 34.9 Å². The number of benzene rings is 1. The van der Waals surface area contributed by atoms with E-state index in [0.717, 1.165) is 40.4 Å². The minimum Gasteiger partial charge on any atom is -0.383 e. The molecule has 1 aromatic heterocycles. The van der Waals surface area contributed by atoms with E-state index in [9.17, 15) is 0 Å². The van der Waals surface area contributed by atoms with Gasteiger partial charge in [0.1, 0.15) is 0 Å². The number of halogens is 1. The summed E-state index contributed by atoms with van der Waals surface area (Å²) in [4.78, 5) is 4.43. The molecule has 0 radical (unpaired) electrons. The molecule has 0 saturated carbocycles. The summed E-state index contributed by atoms with van der Waals surface area (Å²) in [6.07, 6.45) is 4.37. The number of para-hydroxylation sites is 1. The topological polar surface area (TPSA) is 48.7 Å². The SMILES string of the molecule is N#CCCCCNc1cccc2cc(Br)cnc12. The predicted octanol–water partition coefficient (Wildman–Crippen LogP) is 4.10. The van der Waals surface area contributed by atoms with E-state index in [1.165, 1.54) is 0 Å². The second-order valence-electron chi connectivity index (χ2n) is 4.07. The number of unbranched alkanes of at least 4 members (excludes halogenated alkanes) is 2. The van der Waals surface area contributed by atoms with Crippen molar-refractivity contribution in [1.82, 2.24) is 4.98 Å². The highest BCUT2D eigenvalue weighted by Crippen LogP contribution is 2.23. The summed E-state index contributed by atoms with van der Waals surface area (Å²) in [7, 11) is 0. The van der Waals surface area contributed by atoms with Crippen LogP contribution < -0.4 is 5.32 Å². The summed E-state index contributed by atoms with van der Waals surface area (Å²) in [6.45, 7) is 0.874. The van der Waals surface area contributed by atoms with Crippen molar-refractivity contribution in [2.45, 2.75) is 19.3 Å². The van der Waals surface area contributed by atoms with Crippen molar-refractivity contribution in [3.63, 3.8) is 0 Å². The molecule has 2 rings (SSSR count). The molecular weight excluding hydrogens is 290 g/mol. The first kappa shape index (κ1) is 12.8. The summed E-state index contributed by atoms with van der Waals surface area (Å²) in [5.41, 5.74) is 2.04. The Morgan fingerprint density at radius 3 is 3.06 bits per heavy atom. The second-order valence-corrected chi connectivity index (χ2v) is 4.99. The van der Waals surface area contributed by atoms with Gasteiger partial charge in [0.05, 0.1) is 17.3 Å². The molecule has 2 aromatic rings. The number of fused-ring (bicyclic) bond motifs is 1. The maximum absolute atomic E-state index is 8.47. The maximum Gasteiger partial charge on any atom is 0.0934 e. The van der Waals surface area contributed by atoms with Crippen molar-refractivity contribution in [3.8, 4) is 6.07 Å². The summed E-state index contributed by atoms with van der Waals surface area (Å²) in [5.74, 6) is 0. The molecule has 0 aliphatic carbocycles. The Hall–Kier alpha value is -1.60. The fourth-order valence-electron chi connectivity index (χ4n) is 1.83. The van der Waals surface area contributed by atoms with Crippen LogP contribution in [0.5, 0.6) is 0 Å². The predicted molar refractivity (Wildman–Crippen MR) is 77.4 cm³/mol. The van der Waals surface area contributed by atoms with E-state index >= 15 is 0 Å². The first-order valence-electron chi connectivity index (χ1n) is 5.96. The Bertz CT molecular complexity index is 575. The summed E-state index contributed by atoms with van der Waals surface area (Å²) in [6, 6.07) is 10.3. The molecule has 0 aliphatic heterocycles. The minimum atomic E-state index is 0.627. The Kier molecular flexibility index (Phi) is 4.54. The number of pyridine rings is 1. The molecular formula is C14H14BrN3. The van der Waals surface area contributed by atoms with Gasteiger partial charge in [-0.15, -0.1) is 0 Å². The molecule has 4 heteroatoms. The average molecular weight is 304 g/mol. The molecule has 3 nitrogen and oxygen atoms in total. The molecule has 18 heavy (non-hydrogen) atoms. The van der Waals surface area contributed by atoms with Gasteiger partial charge < -0.3 is 5.32 Å². The van der Waals surface area contributed by atoms with Gasteiger partial charge in [0.2, 0.25) is 0 Å².